The van der Waals surface area contributed by atoms with Gasteiger partial charge >= 0.3 is 0 Å². The van der Waals surface area contributed by atoms with Gasteiger partial charge in [0.25, 0.3) is 0 Å². The number of rotatable bonds is 7. The molecule has 1 aliphatic heterocycles. The molecule has 158 valence electrons. The monoisotopic (exact) mass is 509 g/mol. The van der Waals surface area contributed by atoms with Crippen molar-refractivity contribution >= 4 is 29.9 Å². The highest BCUT2D eigenvalue weighted by Crippen LogP contribution is 2.17. The Hall–Kier alpha value is -1.71. The van der Waals surface area contributed by atoms with Gasteiger partial charge in [0, 0.05) is 58.1 Å². The van der Waals surface area contributed by atoms with Crippen molar-refractivity contribution < 1.29 is 4.74 Å². The van der Waals surface area contributed by atoms with E-state index in [0.717, 1.165) is 62.8 Å². The summed E-state index contributed by atoms with van der Waals surface area (Å²) in [5.74, 6) is 0.860. The van der Waals surface area contributed by atoms with Crippen molar-refractivity contribution in [2.24, 2.45) is 4.99 Å². The number of nitrogens with zero attached hydrogens (tertiary/aromatic N) is 3. The molecule has 1 aromatic heterocycles. The zero-order valence-corrected chi connectivity index (χ0v) is 19.6. The molecule has 2 N–H and O–H groups in total. The van der Waals surface area contributed by atoms with E-state index in [2.05, 4.69) is 49.8 Å². The second kappa shape index (κ2) is 12.8. The van der Waals surface area contributed by atoms with Crippen LogP contribution in [0.15, 0.2) is 53.7 Å². The standard InChI is InChI=1S/C22H31N5O.HI/c1-23-22(26-20-9-12-27(13-10-20)14-15-28-2)25-17-18-6-5-7-19(16-18)21-8-3-4-11-24-21;/h3-8,11,16,20H,9-10,12-15,17H2,1-2H3,(H2,23,25,26);1H. The van der Waals surface area contributed by atoms with E-state index in [9.17, 15) is 0 Å². The number of methoxy groups -OCH3 is 1. The molecule has 7 heteroatoms. The van der Waals surface area contributed by atoms with Gasteiger partial charge < -0.3 is 20.3 Å². The lowest BCUT2D eigenvalue weighted by molar-refractivity contribution is 0.128. The fourth-order valence-corrected chi connectivity index (χ4v) is 3.47. The Bertz CT molecular complexity index is 748. The lowest BCUT2D eigenvalue weighted by atomic mass is 10.1. The molecule has 0 bridgehead atoms. The normalized spacial score (nSPS) is 15.6. The van der Waals surface area contributed by atoms with E-state index in [1.807, 2.05) is 31.4 Å². The molecule has 2 aromatic rings. The summed E-state index contributed by atoms with van der Waals surface area (Å²) in [7, 11) is 3.59. The predicted molar refractivity (Wildman–Crippen MR) is 130 cm³/mol. The largest absolute Gasteiger partial charge is 0.383 e. The Labute approximate surface area is 191 Å². The molecule has 2 heterocycles. The first-order chi connectivity index (χ1) is 13.8. The molecule has 0 atom stereocenters. The topological polar surface area (TPSA) is 61.8 Å². The Kier molecular flexibility index (Phi) is 10.4. The zero-order valence-electron chi connectivity index (χ0n) is 17.3. The van der Waals surface area contributed by atoms with Gasteiger partial charge in [0.05, 0.1) is 12.3 Å². The van der Waals surface area contributed by atoms with Crippen LogP contribution in [0.5, 0.6) is 0 Å². The summed E-state index contributed by atoms with van der Waals surface area (Å²) >= 11 is 0. The van der Waals surface area contributed by atoms with Crippen LogP contribution in [0.25, 0.3) is 11.3 Å². The van der Waals surface area contributed by atoms with Crippen LogP contribution in [0.3, 0.4) is 0 Å². The number of guanidine groups is 1. The van der Waals surface area contributed by atoms with Gasteiger partial charge in [-0.1, -0.05) is 24.3 Å². The molecule has 29 heavy (non-hydrogen) atoms. The van der Waals surface area contributed by atoms with Crippen molar-refractivity contribution in [3.63, 3.8) is 0 Å². The zero-order chi connectivity index (χ0) is 19.6. The molecule has 1 saturated heterocycles. The lowest BCUT2D eigenvalue weighted by Crippen LogP contribution is -2.48. The van der Waals surface area contributed by atoms with Gasteiger partial charge in [0.1, 0.15) is 0 Å². The molecule has 0 radical (unpaired) electrons. The molecule has 1 aliphatic rings. The van der Waals surface area contributed by atoms with E-state index in [-0.39, 0.29) is 24.0 Å². The highest BCUT2D eigenvalue weighted by molar-refractivity contribution is 14.0. The van der Waals surface area contributed by atoms with Crippen LogP contribution in [0, 0.1) is 0 Å². The van der Waals surface area contributed by atoms with Gasteiger partial charge in [-0.2, -0.15) is 0 Å². The summed E-state index contributed by atoms with van der Waals surface area (Å²) in [4.78, 5) is 11.3. The van der Waals surface area contributed by atoms with Gasteiger partial charge in [-0.3, -0.25) is 9.98 Å². The van der Waals surface area contributed by atoms with Crippen LogP contribution in [0.1, 0.15) is 18.4 Å². The summed E-state index contributed by atoms with van der Waals surface area (Å²) in [5.41, 5.74) is 3.33. The molecule has 0 spiro atoms. The van der Waals surface area contributed by atoms with Gasteiger partial charge in [-0.15, -0.1) is 24.0 Å². The summed E-state index contributed by atoms with van der Waals surface area (Å²) in [6, 6.07) is 14.9. The minimum atomic E-state index is 0. The maximum Gasteiger partial charge on any atom is 0.191 e. The SMILES string of the molecule is CN=C(NCc1cccc(-c2ccccn2)c1)NC1CCN(CCOC)CC1.I. The fourth-order valence-electron chi connectivity index (χ4n) is 3.47. The number of hydrogen-bond acceptors (Lipinski definition) is 4. The van der Waals surface area contributed by atoms with E-state index in [4.69, 9.17) is 4.74 Å². The smallest absolute Gasteiger partial charge is 0.191 e. The number of nitrogens with one attached hydrogen (secondary N) is 2. The first kappa shape index (κ1) is 23.6. The van der Waals surface area contributed by atoms with Gasteiger partial charge in [-0.25, -0.2) is 0 Å². The van der Waals surface area contributed by atoms with Crippen molar-refractivity contribution in [1.82, 2.24) is 20.5 Å². The average molecular weight is 509 g/mol. The third-order valence-corrected chi connectivity index (χ3v) is 5.11. The van der Waals surface area contributed by atoms with Crippen molar-refractivity contribution in [2.45, 2.75) is 25.4 Å². The van der Waals surface area contributed by atoms with E-state index in [1.54, 1.807) is 7.11 Å². The number of aromatic nitrogens is 1. The Morgan fingerprint density at radius 1 is 1.21 bits per heavy atom. The molecule has 0 unspecified atom stereocenters. The Balaban J connectivity index is 0.00000300. The lowest BCUT2D eigenvalue weighted by Gasteiger charge is -2.32. The van der Waals surface area contributed by atoms with Crippen LogP contribution in [0.2, 0.25) is 0 Å². The third kappa shape index (κ3) is 7.56. The fraction of sp³-hybridized carbons (Fsp3) is 0.455. The summed E-state index contributed by atoms with van der Waals surface area (Å²) in [5, 5.41) is 7.01. The number of benzene rings is 1. The number of hydrogen-bond donors (Lipinski definition) is 2. The van der Waals surface area contributed by atoms with Crippen LogP contribution in [-0.4, -0.2) is 62.3 Å². The van der Waals surface area contributed by atoms with E-state index in [1.165, 1.54) is 5.56 Å². The Morgan fingerprint density at radius 2 is 2.03 bits per heavy atom. The van der Waals surface area contributed by atoms with E-state index in [0.29, 0.717) is 6.04 Å². The molecule has 3 rings (SSSR count). The van der Waals surface area contributed by atoms with Crippen molar-refractivity contribution in [3.05, 3.63) is 54.2 Å². The number of pyridine rings is 1. The molecule has 1 aromatic carbocycles. The molecule has 1 fully saturated rings. The van der Waals surface area contributed by atoms with Crippen LogP contribution in [-0.2, 0) is 11.3 Å². The average Bonchev–Trinajstić information content (AvgIpc) is 2.77. The van der Waals surface area contributed by atoms with E-state index >= 15 is 0 Å². The summed E-state index contributed by atoms with van der Waals surface area (Å²) in [6.07, 6.45) is 4.08. The van der Waals surface area contributed by atoms with Gasteiger partial charge in [0.15, 0.2) is 5.96 Å². The maximum absolute atomic E-state index is 5.17. The highest BCUT2D eigenvalue weighted by atomic mass is 127. The molecular formula is C22H32IN5O. The first-order valence-corrected chi connectivity index (χ1v) is 9.97. The maximum atomic E-state index is 5.17. The number of aliphatic imine (C=N–C) groups is 1. The van der Waals surface area contributed by atoms with Crippen molar-refractivity contribution in [1.29, 1.82) is 0 Å². The van der Waals surface area contributed by atoms with Crippen LogP contribution >= 0.6 is 24.0 Å². The van der Waals surface area contributed by atoms with Crippen LogP contribution in [0.4, 0.5) is 0 Å². The van der Waals surface area contributed by atoms with E-state index < -0.39 is 0 Å². The molecule has 6 nitrogen and oxygen atoms in total. The number of halogens is 1. The third-order valence-electron chi connectivity index (χ3n) is 5.11. The highest BCUT2D eigenvalue weighted by Gasteiger charge is 2.19. The number of ether oxygens (including phenoxy) is 1. The second-order valence-electron chi connectivity index (χ2n) is 7.09. The molecular weight excluding hydrogens is 477 g/mol. The Morgan fingerprint density at radius 3 is 2.72 bits per heavy atom. The summed E-state index contributed by atoms with van der Waals surface area (Å²) < 4.78 is 5.17. The van der Waals surface area contributed by atoms with Gasteiger partial charge in [-0.05, 0) is 36.6 Å². The van der Waals surface area contributed by atoms with Crippen molar-refractivity contribution in [2.75, 3.05) is 40.4 Å². The first-order valence-electron chi connectivity index (χ1n) is 9.97. The number of piperidine rings is 1. The summed E-state index contributed by atoms with van der Waals surface area (Å²) in [6.45, 7) is 4.75. The molecule has 0 amide bonds. The predicted octanol–water partition coefficient (Wildman–Crippen LogP) is 3.14. The number of likely N-dealkylation sites (tertiary alicyclic amines) is 1. The van der Waals surface area contributed by atoms with Crippen LogP contribution < -0.4 is 10.6 Å². The molecule has 0 saturated carbocycles. The molecule has 0 aliphatic carbocycles. The van der Waals surface area contributed by atoms with Gasteiger partial charge in [0.2, 0.25) is 0 Å². The van der Waals surface area contributed by atoms with Crippen molar-refractivity contribution in [3.8, 4) is 11.3 Å². The second-order valence-corrected chi connectivity index (χ2v) is 7.09. The minimum Gasteiger partial charge on any atom is -0.383 e. The quantitative estimate of drug-likeness (QED) is 0.341. The minimum absolute atomic E-state index is 0.